The van der Waals surface area contributed by atoms with Gasteiger partial charge in [-0.05, 0) is 32.6 Å². The van der Waals surface area contributed by atoms with Crippen LogP contribution in [0, 0.1) is 5.92 Å². The van der Waals surface area contributed by atoms with Gasteiger partial charge in [-0.25, -0.2) is 4.68 Å². The zero-order valence-corrected chi connectivity index (χ0v) is 15.4. The third-order valence-electron chi connectivity index (χ3n) is 4.73. The first-order chi connectivity index (χ1) is 12.5. The predicted molar refractivity (Wildman–Crippen MR) is 98.4 cm³/mol. The van der Waals surface area contributed by atoms with Crippen LogP contribution in [0.4, 0.5) is 0 Å². The quantitative estimate of drug-likeness (QED) is 0.772. The maximum absolute atomic E-state index is 12.5. The van der Waals surface area contributed by atoms with Crippen molar-refractivity contribution in [3.05, 3.63) is 24.3 Å². The highest BCUT2D eigenvalue weighted by Crippen LogP contribution is 2.17. The van der Waals surface area contributed by atoms with Crippen molar-refractivity contribution in [3.63, 3.8) is 0 Å². The van der Waals surface area contributed by atoms with Gasteiger partial charge in [0.25, 0.3) is 0 Å². The van der Waals surface area contributed by atoms with Crippen LogP contribution in [-0.2, 0) is 16.1 Å². The molecule has 8 heteroatoms. The molecule has 1 saturated heterocycles. The summed E-state index contributed by atoms with van der Waals surface area (Å²) >= 11 is 0. The Balaban J connectivity index is 1.49. The van der Waals surface area contributed by atoms with Crippen LogP contribution in [0.1, 0.15) is 12.8 Å². The van der Waals surface area contributed by atoms with Crippen LogP contribution in [-0.4, -0.2) is 76.9 Å². The molecule has 8 nitrogen and oxygen atoms in total. The second kappa shape index (κ2) is 8.27. The fraction of sp³-hybridized carbons (Fsp3) is 0.556. The highest BCUT2D eigenvalue weighted by atomic mass is 16.2. The predicted octanol–water partition coefficient (Wildman–Crippen LogP) is 0.348. The van der Waals surface area contributed by atoms with Crippen molar-refractivity contribution in [2.24, 2.45) is 5.92 Å². The van der Waals surface area contributed by atoms with E-state index in [-0.39, 0.29) is 17.7 Å². The molecule has 26 heavy (non-hydrogen) atoms. The zero-order valence-electron chi connectivity index (χ0n) is 15.4. The summed E-state index contributed by atoms with van der Waals surface area (Å²) in [5.41, 5.74) is 1.81. The van der Waals surface area contributed by atoms with Crippen molar-refractivity contribution < 1.29 is 9.59 Å². The van der Waals surface area contributed by atoms with Crippen molar-refractivity contribution in [3.8, 4) is 0 Å². The lowest BCUT2D eigenvalue weighted by molar-refractivity contribution is -0.138. The van der Waals surface area contributed by atoms with E-state index in [1.165, 1.54) is 0 Å². The average Bonchev–Trinajstić information content (AvgIpc) is 3.04. The summed E-state index contributed by atoms with van der Waals surface area (Å²) < 4.78 is 1.80. The molecule has 2 amide bonds. The van der Waals surface area contributed by atoms with Crippen LogP contribution in [0.2, 0.25) is 0 Å². The van der Waals surface area contributed by atoms with Crippen molar-refractivity contribution in [2.75, 3.05) is 40.3 Å². The number of fused-ring (bicyclic) bond motifs is 1. The standard InChI is InChI=1S/C18H26N6O2/c1-22(2)11-12-23-13-14(7-8-17(23)25)18(26)19-9-10-24-16-6-4-3-5-15(16)20-21-24/h3-6,14H,7-13H2,1-2H3,(H,19,26)/t14-/m0/s1. The lowest BCUT2D eigenvalue weighted by atomic mass is 9.96. The maximum atomic E-state index is 12.5. The molecular formula is C18H26N6O2. The number of carbonyl (C=O) groups is 2. The van der Waals surface area contributed by atoms with Crippen LogP contribution in [0.5, 0.6) is 0 Å². The van der Waals surface area contributed by atoms with Crippen molar-refractivity contribution in [1.29, 1.82) is 0 Å². The van der Waals surface area contributed by atoms with Crippen LogP contribution in [0.15, 0.2) is 24.3 Å². The van der Waals surface area contributed by atoms with Gasteiger partial charge in [-0.3, -0.25) is 9.59 Å². The number of nitrogens with one attached hydrogen (secondary N) is 1. The highest BCUT2D eigenvalue weighted by molar-refractivity contribution is 5.83. The Hall–Kier alpha value is -2.48. The van der Waals surface area contributed by atoms with Gasteiger partial charge in [0.2, 0.25) is 11.8 Å². The van der Waals surface area contributed by atoms with Gasteiger partial charge < -0.3 is 15.1 Å². The molecule has 0 saturated carbocycles. The van der Waals surface area contributed by atoms with Gasteiger partial charge in [0.15, 0.2) is 0 Å². The number of para-hydroxylation sites is 1. The minimum Gasteiger partial charge on any atom is -0.354 e. The Morgan fingerprint density at radius 3 is 2.92 bits per heavy atom. The number of hydrogen-bond acceptors (Lipinski definition) is 5. The Labute approximate surface area is 153 Å². The SMILES string of the molecule is CN(C)CCN1C[C@@H](C(=O)NCCn2nnc3ccccc32)CCC1=O. The number of rotatable bonds is 7. The molecule has 1 fully saturated rings. The number of amides is 2. The zero-order chi connectivity index (χ0) is 18.5. The lowest BCUT2D eigenvalue weighted by Crippen LogP contribution is -2.47. The molecule has 3 rings (SSSR count). The van der Waals surface area contributed by atoms with E-state index in [0.717, 1.165) is 17.6 Å². The van der Waals surface area contributed by atoms with Crippen LogP contribution >= 0.6 is 0 Å². The summed E-state index contributed by atoms with van der Waals surface area (Å²) in [5, 5.41) is 11.2. The minimum absolute atomic E-state index is 0.0109. The summed E-state index contributed by atoms with van der Waals surface area (Å²) in [5.74, 6) is 0.0177. The fourth-order valence-electron chi connectivity index (χ4n) is 3.18. The molecule has 140 valence electrons. The molecular weight excluding hydrogens is 332 g/mol. The fourth-order valence-corrected chi connectivity index (χ4v) is 3.18. The molecule has 2 aromatic rings. The molecule has 2 heterocycles. The highest BCUT2D eigenvalue weighted by Gasteiger charge is 2.29. The number of aromatic nitrogens is 3. The third-order valence-corrected chi connectivity index (χ3v) is 4.73. The minimum atomic E-state index is -0.137. The van der Waals surface area contributed by atoms with E-state index in [1.54, 1.807) is 9.58 Å². The Bertz CT molecular complexity index is 772. The number of nitrogens with zero attached hydrogens (tertiary/aromatic N) is 5. The van der Waals surface area contributed by atoms with E-state index in [0.29, 0.717) is 39.0 Å². The van der Waals surface area contributed by atoms with Crippen LogP contribution < -0.4 is 5.32 Å². The van der Waals surface area contributed by atoms with E-state index in [1.807, 2.05) is 43.3 Å². The number of likely N-dealkylation sites (tertiary alicyclic amines) is 1. The van der Waals surface area contributed by atoms with E-state index < -0.39 is 0 Å². The second-order valence-corrected chi connectivity index (χ2v) is 6.97. The monoisotopic (exact) mass is 358 g/mol. The molecule has 0 bridgehead atoms. The summed E-state index contributed by atoms with van der Waals surface area (Å²) in [4.78, 5) is 28.3. The Morgan fingerprint density at radius 1 is 1.31 bits per heavy atom. The topological polar surface area (TPSA) is 83.4 Å². The summed E-state index contributed by atoms with van der Waals surface area (Å²) in [6.07, 6.45) is 1.06. The Kier molecular flexibility index (Phi) is 5.82. The summed E-state index contributed by atoms with van der Waals surface area (Å²) in [6, 6.07) is 7.75. The van der Waals surface area contributed by atoms with Gasteiger partial charge in [-0.2, -0.15) is 0 Å². The molecule has 1 aromatic carbocycles. The molecule has 0 aliphatic carbocycles. The largest absolute Gasteiger partial charge is 0.354 e. The van der Waals surface area contributed by atoms with Crippen molar-refractivity contribution in [1.82, 2.24) is 30.1 Å². The van der Waals surface area contributed by atoms with E-state index in [4.69, 9.17) is 0 Å². The average molecular weight is 358 g/mol. The first-order valence-corrected chi connectivity index (χ1v) is 9.03. The van der Waals surface area contributed by atoms with E-state index >= 15 is 0 Å². The van der Waals surface area contributed by atoms with Gasteiger partial charge in [0, 0.05) is 32.6 Å². The molecule has 1 aliphatic heterocycles. The lowest BCUT2D eigenvalue weighted by Gasteiger charge is -2.32. The van der Waals surface area contributed by atoms with Gasteiger partial charge in [-0.15, -0.1) is 5.10 Å². The number of hydrogen-bond donors (Lipinski definition) is 1. The van der Waals surface area contributed by atoms with Crippen molar-refractivity contribution >= 4 is 22.8 Å². The molecule has 1 N–H and O–H groups in total. The third kappa shape index (κ3) is 4.37. The molecule has 0 radical (unpaired) electrons. The van der Waals surface area contributed by atoms with Crippen molar-refractivity contribution in [2.45, 2.75) is 19.4 Å². The van der Waals surface area contributed by atoms with Gasteiger partial charge in [-0.1, -0.05) is 17.3 Å². The number of benzene rings is 1. The maximum Gasteiger partial charge on any atom is 0.224 e. The van der Waals surface area contributed by atoms with Gasteiger partial charge in [0.1, 0.15) is 5.52 Å². The van der Waals surface area contributed by atoms with Gasteiger partial charge in [0.05, 0.1) is 18.0 Å². The number of carbonyl (C=O) groups excluding carboxylic acids is 2. The van der Waals surface area contributed by atoms with Gasteiger partial charge >= 0.3 is 0 Å². The molecule has 0 spiro atoms. The molecule has 1 atom stereocenters. The first-order valence-electron chi connectivity index (χ1n) is 9.03. The smallest absolute Gasteiger partial charge is 0.224 e. The first kappa shape index (κ1) is 18.3. The number of piperidine rings is 1. The molecule has 0 unspecified atom stereocenters. The molecule has 1 aromatic heterocycles. The van der Waals surface area contributed by atoms with Crippen LogP contribution in [0.3, 0.4) is 0 Å². The number of likely N-dealkylation sites (N-methyl/N-ethyl adjacent to an activating group) is 1. The van der Waals surface area contributed by atoms with E-state index in [9.17, 15) is 9.59 Å². The van der Waals surface area contributed by atoms with E-state index in [2.05, 4.69) is 15.6 Å². The summed E-state index contributed by atoms with van der Waals surface area (Å²) in [7, 11) is 3.96. The second-order valence-electron chi connectivity index (χ2n) is 6.97. The normalized spacial score (nSPS) is 17.9. The summed E-state index contributed by atoms with van der Waals surface area (Å²) in [6.45, 7) is 3.04. The van der Waals surface area contributed by atoms with Crippen LogP contribution in [0.25, 0.3) is 11.0 Å². The Morgan fingerprint density at radius 2 is 2.12 bits per heavy atom. The molecule has 1 aliphatic rings.